The highest BCUT2D eigenvalue weighted by Crippen LogP contribution is 2.12. The largest absolute Gasteiger partial charge is 0.493 e. The van der Waals surface area contributed by atoms with Gasteiger partial charge in [-0.3, -0.25) is 0 Å². The van der Waals surface area contributed by atoms with Crippen LogP contribution in [-0.2, 0) is 6.42 Å². The van der Waals surface area contributed by atoms with Crippen LogP contribution in [0.15, 0.2) is 36.7 Å². The van der Waals surface area contributed by atoms with Gasteiger partial charge in [-0.2, -0.15) is 0 Å². The molecule has 0 amide bonds. The molecule has 1 heterocycles. The molecular weight excluding hydrogens is 244 g/mol. The van der Waals surface area contributed by atoms with Crippen molar-refractivity contribution in [3.05, 3.63) is 53.6 Å². The van der Waals surface area contributed by atoms with Crippen LogP contribution >= 0.6 is 0 Å². The summed E-state index contributed by atoms with van der Waals surface area (Å²) in [5.74, 6) is 0.349. The third-order valence-electron chi connectivity index (χ3n) is 2.54. The van der Waals surface area contributed by atoms with Crippen molar-refractivity contribution in [2.24, 2.45) is 0 Å². The van der Waals surface area contributed by atoms with Gasteiger partial charge in [0.1, 0.15) is 11.6 Å². The lowest BCUT2D eigenvalue weighted by Gasteiger charge is -2.06. The number of ether oxygens (including phenoxy) is 1. The molecule has 0 spiro atoms. The molecule has 0 saturated carbocycles. The van der Waals surface area contributed by atoms with Crippen molar-refractivity contribution in [3.63, 3.8) is 0 Å². The Balaban J connectivity index is 1.87. The Kier molecular flexibility index (Phi) is 4.07. The molecule has 5 nitrogen and oxygen atoms in total. The van der Waals surface area contributed by atoms with Gasteiger partial charge in [-0.05, 0) is 24.6 Å². The lowest BCUT2D eigenvalue weighted by Crippen LogP contribution is -2.06. The summed E-state index contributed by atoms with van der Waals surface area (Å²) in [5.41, 5.74) is 1.22. The summed E-state index contributed by atoms with van der Waals surface area (Å²) in [6, 6.07) is 7.78. The molecule has 0 radical (unpaired) electrons. The standard InChI is InChI=1S/C14H14N2O3/c1-10-3-2-4-12(7-10)19-6-5-13-15-8-11(9-16-13)14(17)18/h2-4,7-9H,5-6H2,1H3,(H,17,18). The smallest absolute Gasteiger partial charge is 0.338 e. The summed E-state index contributed by atoms with van der Waals surface area (Å²) in [4.78, 5) is 18.6. The number of carbonyl (C=O) groups is 1. The third-order valence-corrected chi connectivity index (χ3v) is 2.54. The van der Waals surface area contributed by atoms with Crippen molar-refractivity contribution in [1.82, 2.24) is 9.97 Å². The molecule has 0 aliphatic heterocycles. The summed E-state index contributed by atoms with van der Waals surface area (Å²) in [6.07, 6.45) is 3.14. The Morgan fingerprint density at radius 2 is 2.05 bits per heavy atom. The van der Waals surface area contributed by atoms with Gasteiger partial charge in [0.05, 0.1) is 12.2 Å². The van der Waals surface area contributed by atoms with E-state index in [0.717, 1.165) is 11.3 Å². The summed E-state index contributed by atoms with van der Waals surface area (Å²) in [7, 11) is 0. The van der Waals surface area contributed by atoms with E-state index in [1.807, 2.05) is 31.2 Å². The zero-order chi connectivity index (χ0) is 13.7. The van der Waals surface area contributed by atoms with E-state index < -0.39 is 5.97 Å². The Hall–Kier alpha value is -2.43. The molecule has 0 fully saturated rings. The van der Waals surface area contributed by atoms with Crippen LogP contribution in [0, 0.1) is 6.92 Å². The van der Waals surface area contributed by atoms with Gasteiger partial charge in [-0.15, -0.1) is 0 Å². The quantitative estimate of drug-likeness (QED) is 0.889. The molecule has 0 aliphatic rings. The first-order chi connectivity index (χ1) is 9.15. The molecular formula is C14H14N2O3. The molecule has 0 unspecified atom stereocenters. The molecule has 0 bridgehead atoms. The molecule has 0 saturated heterocycles. The Morgan fingerprint density at radius 3 is 2.68 bits per heavy atom. The van der Waals surface area contributed by atoms with Crippen molar-refractivity contribution in [2.75, 3.05) is 6.61 Å². The second-order valence-corrected chi connectivity index (χ2v) is 4.11. The van der Waals surface area contributed by atoms with E-state index in [0.29, 0.717) is 18.9 Å². The molecule has 1 aromatic heterocycles. The lowest BCUT2D eigenvalue weighted by molar-refractivity contribution is 0.0696. The van der Waals surface area contributed by atoms with E-state index in [1.54, 1.807) is 0 Å². The number of aryl methyl sites for hydroxylation is 1. The first-order valence-electron chi connectivity index (χ1n) is 5.89. The maximum atomic E-state index is 10.6. The van der Waals surface area contributed by atoms with Gasteiger partial charge in [-0.1, -0.05) is 12.1 Å². The van der Waals surface area contributed by atoms with E-state index in [2.05, 4.69) is 9.97 Å². The van der Waals surface area contributed by atoms with Gasteiger partial charge in [0, 0.05) is 18.8 Å². The van der Waals surface area contributed by atoms with Crippen LogP contribution in [0.5, 0.6) is 5.75 Å². The summed E-state index contributed by atoms with van der Waals surface area (Å²) < 4.78 is 5.57. The minimum atomic E-state index is -1.03. The van der Waals surface area contributed by atoms with E-state index in [-0.39, 0.29) is 5.56 Å². The fourth-order valence-corrected chi connectivity index (χ4v) is 1.56. The predicted octanol–water partition coefficient (Wildman–Crippen LogP) is 2.10. The summed E-state index contributed by atoms with van der Waals surface area (Å²) >= 11 is 0. The average molecular weight is 258 g/mol. The fourth-order valence-electron chi connectivity index (χ4n) is 1.56. The monoisotopic (exact) mass is 258 g/mol. The minimum Gasteiger partial charge on any atom is -0.493 e. The van der Waals surface area contributed by atoms with Crippen LogP contribution in [0.1, 0.15) is 21.7 Å². The van der Waals surface area contributed by atoms with Crippen molar-refractivity contribution < 1.29 is 14.6 Å². The van der Waals surface area contributed by atoms with E-state index in [9.17, 15) is 4.79 Å². The lowest BCUT2D eigenvalue weighted by atomic mass is 10.2. The zero-order valence-corrected chi connectivity index (χ0v) is 10.5. The maximum absolute atomic E-state index is 10.6. The number of nitrogens with zero attached hydrogens (tertiary/aromatic N) is 2. The van der Waals surface area contributed by atoms with Crippen LogP contribution in [0.4, 0.5) is 0 Å². The van der Waals surface area contributed by atoms with Gasteiger partial charge >= 0.3 is 5.97 Å². The predicted molar refractivity (Wildman–Crippen MR) is 69.4 cm³/mol. The SMILES string of the molecule is Cc1cccc(OCCc2ncc(C(=O)O)cn2)c1. The number of hydrogen-bond acceptors (Lipinski definition) is 4. The third kappa shape index (κ3) is 3.77. The minimum absolute atomic E-state index is 0.0864. The molecule has 2 aromatic rings. The van der Waals surface area contributed by atoms with Gasteiger partial charge in [0.2, 0.25) is 0 Å². The van der Waals surface area contributed by atoms with Gasteiger partial charge in [-0.25, -0.2) is 14.8 Å². The number of aromatic carboxylic acids is 1. The highest BCUT2D eigenvalue weighted by atomic mass is 16.5. The van der Waals surface area contributed by atoms with Crippen LogP contribution in [0.25, 0.3) is 0 Å². The Morgan fingerprint density at radius 1 is 1.32 bits per heavy atom. The first kappa shape index (κ1) is 13.0. The normalized spacial score (nSPS) is 10.2. The van der Waals surface area contributed by atoms with Gasteiger partial charge < -0.3 is 9.84 Å². The van der Waals surface area contributed by atoms with Gasteiger partial charge in [0.25, 0.3) is 0 Å². The zero-order valence-electron chi connectivity index (χ0n) is 10.5. The number of carboxylic acids is 1. The second-order valence-electron chi connectivity index (χ2n) is 4.11. The molecule has 0 aliphatic carbocycles. The fraction of sp³-hybridized carbons (Fsp3) is 0.214. The molecule has 1 N–H and O–H groups in total. The van der Waals surface area contributed by atoms with Crippen molar-refractivity contribution in [2.45, 2.75) is 13.3 Å². The Labute approximate surface area is 110 Å². The first-order valence-corrected chi connectivity index (χ1v) is 5.89. The van der Waals surface area contributed by atoms with E-state index in [4.69, 9.17) is 9.84 Å². The highest BCUT2D eigenvalue weighted by molar-refractivity contribution is 5.86. The average Bonchev–Trinajstić information content (AvgIpc) is 2.39. The van der Waals surface area contributed by atoms with Crippen molar-refractivity contribution in [3.8, 4) is 5.75 Å². The number of benzene rings is 1. The second kappa shape index (κ2) is 5.95. The van der Waals surface area contributed by atoms with Crippen LogP contribution in [0.3, 0.4) is 0 Å². The maximum Gasteiger partial charge on any atom is 0.338 e. The molecule has 98 valence electrons. The highest BCUT2D eigenvalue weighted by Gasteiger charge is 2.04. The van der Waals surface area contributed by atoms with Crippen molar-refractivity contribution in [1.29, 1.82) is 0 Å². The van der Waals surface area contributed by atoms with Crippen molar-refractivity contribution >= 4 is 5.97 Å². The molecule has 2 rings (SSSR count). The number of hydrogen-bond donors (Lipinski definition) is 1. The van der Waals surface area contributed by atoms with E-state index in [1.165, 1.54) is 12.4 Å². The van der Waals surface area contributed by atoms with Crippen LogP contribution < -0.4 is 4.74 Å². The number of carboxylic acid groups (broad SMARTS) is 1. The molecule has 5 heteroatoms. The topological polar surface area (TPSA) is 72.3 Å². The summed E-state index contributed by atoms with van der Waals surface area (Å²) in [6.45, 7) is 2.45. The van der Waals surface area contributed by atoms with Crippen LogP contribution in [0.2, 0.25) is 0 Å². The van der Waals surface area contributed by atoms with Crippen LogP contribution in [-0.4, -0.2) is 27.7 Å². The molecule has 19 heavy (non-hydrogen) atoms. The number of aromatic nitrogens is 2. The molecule has 1 aromatic carbocycles. The summed E-state index contributed by atoms with van der Waals surface area (Å²) in [5, 5.41) is 8.72. The van der Waals surface area contributed by atoms with Gasteiger partial charge in [0.15, 0.2) is 0 Å². The van der Waals surface area contributed by atoms with E-state index >= 15 is 0 Å². The Bertz CT molecular complexity index is 567. The molecule has 0 atom stereocenters. The number of rotatable bonds is 5.